The quantitative estimate of drug-likeness (QED) is 0.256. The molecule has 1 heterocycles. The summed E-state index contributed by atoms with van der Waals surface area (Å²) in [6.45, 7) is 2.76. The standard InChI is InChI=1S/C20H22N6O3/c1-2-3-13-29-17-11-9-15(10-12-17)23-19-18(26(27)28)20(22-14-21-19)25-24-16-7-5-4-6-8-16/h4-12,14,24H,2-3,13H2,1H3,(H2,21,22,23,25). The third kappa shape index (κ3) is 5.55. The van der Waals surface area contributed by atoms with E-state index in [0.717, 1.165) is 24.3 Å². The van der Waals surface area contributed by atoms with Crippen LogP contribution >= 0.6 is 0 Å². The molecule has 1 aromatic heterocycles. The lowest BCUT2D eigenvalue weighted by molar-refractivity contribution is -0.383. The van der Waals surface area contributed by atoms with Crippen molar-refractivity contribution in [2.45, 2.75) is 19.8 Å². The smallest absolute Gasteiger partial charge is 0.355 e. The van der Waals surface area contributed by atoms with E-state index in [4.69, 9.17) is 4.74 Å². The van der Waals surface area contributed by atoms with E-state index in [-0.39, 0.29) is 17.3 Å². The molecule has 0 saturated heterocycles. The predicted molar refractivity (Wildman–Crippen MR) is 113 cm³/mol. The fraction of sp³-hybridized carbons (Fsp3) is 0.200. The minimum Gasteiger partial charge on any atom is -0.494 e. The van der Waals surface area contributed by atoms with E-state index in [9.17, 15) is 10.1 Å². The number of nitrogens with zero attached hydrogens (tertiary/aromatic N) is 3. The van der Waals surface area contributed by atoms with Gasteiger partial charge in [0.15, 0.2) is 0 Å². The second-order valence-corrected chi connectivity index (χ2v) is 6.14. The SMILES string of the molecule is CCCCOc1ccc(Nc2ncnc(NNc3ccccc3)c2[N+](=O)[O-])cc1. The molecular weight excluding hydrogens is 372 g/mol. The van der Waals surface area contributed by atoms with Crippen LogP contribution in [0.4, 0.5) is 28.7 Å². The van der Waals surface area contributed by atoms with Crippen LogP contribution in [-0.2, 0) is 0 Å². The van der Waals surface area contributed by atoms with E-state index >= 15 is 0 Å². The third-order valence-corrected chi connectivity index (χ3v) is 3.99. The molecule has 0 saturated carbocycles. The predicted octanol–water partition coefficient (Wildman–Crippen LogP) is 4.75. The molecule has 3 rings (SSSR count). The van der Waals surface area contributed by atoms with E-state index < -0.39 is 4.92 Å². The first-order valence-corrected chi connectivity index (χ1v) is 9.23. The summed E-state index contributed by atoms with van der Waals surface area (Å²) in [5.41, 5.74) is 6.79. The molecule has 0 unspecified atom stereocenters. The van der Waals surface area contributed by atoms with Crippen LogP contribution in [0.3, 0.4) is 0 Å². The van der Waals surface area contributed by atoms with Crippen molar-refractivity contribution in [3.05, 3.63) is 71.0 Å². The number of hydrogen-bond donors (Lipinski definition) is 3. The number of rotatable bonds is 10. The number of nitro groups is 1. The molecule has 0 bridgehead atoms. The van der Waals surface area contributed by atoms with E-state index in [1.807, 2.05) is 30.3 Å². The highest BCUT2D eigenvalue weighted by atomic mass is 16.6. The van der Waals surface area contributed by atoms with Gasteiger partial charge in [0.25, 0.3) is 0 Å². The second-order valence-electron chi connectivity index (χ2n) is 6.14. The molecule has 3 aromatic rings. The summed E-state index contributed by atoms with van der Waals surface area (Å²) in [6, 6.07) is 16.4. The van der Waals surface area contributed by atoms with Crippen LogP contribution in [0.2, 0.25) is 0 Å². The van der Waals surface area contributed by atoms with Crippen LogP contribution in [0.25, 0.3) is 0 Å². The Morgan fingerprint density at radius 3 is 2.38 bits per heavy atom. The number of hydrogen-bond acceptors (Lipinski definition) is 8. The van der Waals surface area contributed by atoms with Crippen LogP contribution in [0.15, 0.2) is 60.9 Å². The molecule has 0 atom stereocenters. The van der Waals surface area contributed by atoms with E-state index in [1.165, 1.54) is 6.33 Å². The zero-order valence-corrected chi connectivity index (χ0v) is 16.0. The van der Waals surface area contributed by atoms with E-state index in [0.29, 0.717) is 12.3 Å². The highest BCUT2D eigenvalue weighted by Crippen LogP contribution is 2.31. The van der Waals surface area contributed by atoms with Gasteiger partial charge in [-0.3, -0.25) is 21.0 Å². The fourth-order valence-electron chi connectivity index (χ4n) is 2.49. The number of aromatic nitrogens is 2. The van der Waals surface area contributed by atoms with Crippen LogP contribution < -0.4 is 20.9 Å². The molecule has 0 aliphatic heterocycles. The molecule has 0 aliphatic carbocycles. The Bertz CT molecular complexity index is 935. The van der Waals surface area contributed by atoms with Gasteiger partial charge in [0, 0.05) is 5.69 Å². The molecule has 29 heavy (non-hydrogen) atoms. The molecule has 2 aromatic carbocycles. The summed E-state index contributed by atoms with van der Waals surface area (Å²) in [7, 11) is 0. The van der Waals surface area contributed by atoms with Crippen molar-refractivity contribution in [3.63, 3.8) is 0 Å². The third-order valence-electron chi connectivity index (χ3n) is 3.99. The van der Waals surface area contributed by atoms with Crippen molar-refractivity contribution in [1.29, 1.82) is 0 Å². The second kappa shape index (κ2) is 9.88. The molecule has 150 valence electrons. The van der Waals surface area contributed by atoms with Crippen LogP contribution in [-0.4, -0.2) is 21.5 Å². The Labute approximate surface area is 168 Å². The normalized spacial score (nSPS) is 10.2. The summed E-state index contributed by atoms with van der Waals surface area (Å²) in [5, 5.41) is 14.6. The molecule has 0 spiro atoms. The number of benzene rings is 2. The topological polar surface area (TPSA) is 114 Å². The monoisotopic (exact) mass is 394 g/mol. The van der Waals surface area contributed by atoms with E-state index in [2.05, 4.69) is 33.1 Å². The summed E-state index contributed by atoms with van der Waals surface area (Å²) in [5.74, 6) is 0.883. The average Bonchev–Trinajstić information content (AvgIpc) is 2.74. The Kier molecular flexibility index (Phi) is 6.77. The van der Waals surface area contributed by atoms with Gasteiger partial charge < -0.3 is 10.1 Å². The van der Waals surface area contributed by atoms with Crippen molar-refractivity contribution in [1.82, 2.24) is 9.97 Å². The Morgan fingerprint density at radius 1 is 0.966 bits per heavy atom. The first kappa shape index (κ1) is 19.9. The molecule has 0 fully saturated rings. The molecule has 9 heteroatoms. The number of hydrazine groups is 1. The number of unbranched alkanes of at least 4 members (excludes halogenated alkanes) is 1. The van der Waals surface area contributed by atoms with Crippen molar-refractivity contribution in [3.8, 4) is 5.75 Å². The summed E-state index contributed by atoms with van der Waals surface area (Å²) in [4.78, 5) is 19.1. The summed E-state index contributed by atoms with van der Waals surface area (Å²) >= 11 is 0. The zero-order valence-electron chi connectivity index (χ0n) is 16.0. The van der Waals surface area contributed by atoms with Gasteiger partial charge in [-0.1, -0.05) is 31.5 Å². The maximum absolute atomic E-state index is 11.6. The lowest BCUT2D eigenvalue weighted by atomic mass is 10.3. The maximum Gasteiger partial charge on any atom is 0.355 e. The van der Waals surface area contributed by atoms with Gasteiger partial charge in [-0.05, 0) is 42.8 Å². The number of para-hydroxylation sites is 1. The maximum atomic E-state index is 11.6. The summed E-state index contributed by atoms with van der Waals surface area (Å²) in [6.07, 6.45) is 3.30. The average molecular weight is 394 g/mol. The van der Waals surface area contributed by atoms with Crippen molar-refractivity contribution >= 4 is 28.7 Å². The number of nitrogens with one attached hydrogen (secondary N) is 3. The number of anilines is 4. The molecule has 0 amide bonds. The first-order chi connectivity index (χ1) is 14.2. The van der Waals surface area contributed by atoms with Gasteiger partial charge in [-0.15, -0.1) is 0 Å². The van der Waals surface area contributed by atoms with Gasteiger partial charge in [-0.2, -0.15) is 0 Å². The lowest BCUT2D eigenvalue weighted by Gasteiger charge is -2.12. The molecule has 0 radical (unpaired) electrons. The zero-order chi connectivity index (χ0) is 20.5. The molecule has 3 N–H and O–H groups in total. The molecule has 9 nitrogen and oxygen atoms in total. The van der Waals surface area contributed by atoms with Crippen molar-refractivity contribution in [2.75, 3.05) is 22.8 Å². The van der Waals surface area contributed by atoms with Gasteiger partial charge in [0.1, 0.15) is 12.1 Å². The van der Waals surface area contributed by atoms with Gasteiger partial charge in [-0.25, -0.2) is 9.97 Å². The first-order valence-electron chi connectivity index (χ1n) is 9.23. The van der Waals surface area contributed by atoms with Gasteiger partial charge in [0.05, 0.1) is 17.2 Å². The Morgan fingerprint density at radius 2 is 1.69 bits per heavy atom. The fourth-order valence-corrected chi connectivity index (χ4v) is 2.49. The van der Waals surface area contributed by atoms with Crippen molar-refractivity contribution < 1.29 is 9.66 Å². The van der Waals surface area contributed by atoms with Crippen molar-refractivity contribution in [2.24, 2.45) is 0 Å². The van der Waals surface area contributed by atoms with Crippen LogP contribution in [0.5, 0.6) is 5.75 Å². The Hall–Kier alpha value is -3.88. The van der Waals surface area contributed by atoms with Gasteiger partial charge in [0.2, 0.25) is 11.6 Å². The lowest BCUT2D eigenvalue weighted by Crippen LogP contribution is -2.13. The molecule has 0 aliphatic rings. The van der Waals surface area contributed by atoms with Crippen LogP contribution in [0.1, 0.15) is 19.8 Å². The summed E-state index contributed by atoms with van der Waals surface area (Å²) < 4.78 is 5.63. The van der Waals surface area contributed by atoms with Gasteiger partial charge >= 0.3 is 5.69 Å². The Balaban J connectivity index is 1.74. The highest BCUT2D eigenvalue weighted by molar-refractivity contribution is 5.74. The minimum atomic E-state index is -0.528. The number of ether oxygens (including phenoxy) is 1. The minimum absolute atomic E-state index is 0.0517. The largest absolute Gasteiger partial charge is 0.494 e. The highest BCUT2D eigenvalue weighted by Gasteiger charge is 2.23. The molecular formula is C20H22N6O3. The van der Waals surface area contributed by atoms with E-state index in [1.54, 1.807) is 24.3 Å². The van der Waals surface area contributed by atoms with Crippen LogP contribution in [0, 0.1) is 10.1 Å².